The van der Waals surface area contributed by atoms with Gasteiger partial charge in [-0.1, -0.05) is 24.6 Å². The fourth-order valence-electron chi connectivity index (χ4n) is 4.19. The average Bonchev–Trinajstić information content (AvgIpc) is 3.31. The normalized spacial score (nSPS) is 12.2. The van der Waals surface area contributed by atoms with Crippen LogP contribution in [0, 0.1) is 0 Å². The van der Waals surface area contributed by atoms with Crippen molar-refractivity contribution in [2.24, 2.45) is 0 Å². The van der Waals surface area contributed by atoms with Crippen LogP contribution in [-0.2, 0) is 35.5 Å². The number of aromatic nitrogens is 1. The Hall–Kier alpha value is -3.78. The summed E-state index contributed by atoms with van der Waals surface area (Å²) in [4.78, 5) is 27.0. The fourth-order valence-corrected chi connectivity index (χ4v) is 4.46. The van der Waals surface area contributed by atoms with Gasteiger partial charge >= 0.3 is 5.97 Å². The second-order valence-corrected chi connectivity index (χ2v) is 8.57. The Morgan fingerprint density at radius 1 is 1.17 bits per heavy atom. The first kappa shape index (κ1) is 24.3. The third-order valence-corrected chi connectivity index (χ3v) is 6.04. The number of carbonyl (C=O) groups excluding carboxylic acids is 1. The molecule has 3 aromatic rings. The number of nitrogens with one attached hydrogen (secondary N) is 1. The molecule has 4 rings (SSSR count). The van der Waals surface area contributed by atoms with Gasteiger partial charge in [-0.15, -0.1) is 0 Å². The van der Waals surface area contributed by atoms with Gasteiger partial charge < -0.3 is 25.0 Å². The van der Waals surface area contributed by atoms with Crippen molar-refractivity contribution < 1.29 is 29.3 Å². The van der Waals surface area contributed by atoms with Crippen LogP contribution in [0.3, 0.4) is 0 Å². The Morgan fingerprint density at radius 3 is 2.69 bits per heavy atom. The summed E-state index contributed by atoms with van der Waals surface area (Å²) < 4.78 is 12.4. The highest BCUT2D eigenvalue weighted by Crippen LogP contribution is 2.46. The number of aromatic hydroxyl groups is 1. The van der Waals surface area contributed by atoms with Crippen molar-refractivity contribution in [2.75, 3.05) is 5.32 Å². The van der Waals surface area contributed by atoms with Gasteiger partial charge in [-0.3, -0.25) is 14.6 Å². The summed E-state index contributed by atoms with van der Waals surface area (Å²) >= 11 is 6.59. The lowest BCUT2D eigenvalue weighted by Crippen LogP contribution is -2.17. The summed E-state index contributed by atoms with van der Waals surface area (Å²) in [5, 5.41) is 22.2. The number of aliphatic carboxylic acids is 1. The largest absolute Gasteiger partial charge is 0.508 e. The highest BCUT2D eigenvalue weighted by atomic mass is 35.5. The van der Waals surface area contributed by atoms with Crippen molar-refractivity contribution in [3.05, 3.63) is 70.0 Å². The van der Waals surface area contributed by atoms with Crippen molar-refractivity contribution >= 4 is 29.2 Å². The molecule has 1 amide bonds. The second kappa shape index (κ2) is 10.7. The smallest absolute Gasteiger partial charge is 0.312 e. The number of benzene rings is 2. The van der Waals surface area contributed by atoms with Crippen LogP contribution in [0.5, 0.6) is 23.0 Å². The minimum absolute atomic E-state index is 0.105. The highest BCUT2D eigenvalue weighted by Gasteiger charge is 2.26. The maximum atomic E-state index is 12.0. The Kier molecular flexibility index (Phi) is 7.41. The number of amides is 1. The Morgan fingerprint density at radius 2 is 1.97 bits per heavy atom. The van der Waals surface area contributed by atoms with Crippen LogP contribution in [0.2, 0.25) is 5.02 Å². The van der Waals surface area contributed by atoms with E-state index in [0.29, 0.717) is 47.8 Å². The summed E-state index contributed by atoms with van der Waals surface area (Å²) in [6.45, 7) is 2.15. The van der Waals surface area contributed by atoms with Gasteiger partial charge in [0.15, 0.2) is 11.5 Å². The molecule has 0 unspecified atom stereocenters. The number of phenols is 1. The first-order valence-corrected chi connectivity index (χ1v) is 11.7. The van der Waals surface area contributed by atoms with E-state index in [1.807, 2.05) is 19.1 Å². The monoisotopic (exact) mass is 496 g/mol. The topological polar surface area (TPSA) is 118 Å². The van der Waals surface area contributed by atoms with Crippen LogP contribution in [0.4, 0.5) is 5.69 Å². The summed E-state index contributed by atoms with van der Waals surface area (Å²) in [6, 6.07) is 8.48. The highest BCUT2D eigenvalue weighted by molar-refractivity contribution is 6.32. The van der Waals surface area contributed by atoms with Crippen LogP contribution in [-0.4, -0.2) is 27.1 Å². The second-order valence-electron chi connectivity index (χ2n) is 8.16. The van der Waals surface area contributed by atoms with E-state index >= 15 is 0 Å². The van der Waals surface area contributed by atoms with E-state index < -0.39 is 18.3 Å². The van der Waals surface area contributed by atoms with E-state index in [2.05, 4.69) is 10.3 Å². The molecule has 0 radical (unpaired) electrons. The van der Waals surface area contributed by atoms with Crippen LogP contribution in [0.15, 0.2) is 42.7 Å². The van der Waals surface area contributed by atoms with Crippen molar-refractivity contribution in [3.63, 3.8) is 0 Å². The van der Waals surface area contributed by atoms with Gasteiger partial charge in [0.1, 0.15) is 24.5 Å². The average molecular weight is 497 g/mol. The lowest BCUT2D eigenvalue weighted by atomic mass is 10.1. The van der Waals surface area contributed by atoms with Crippen LogP contribution in [0.25, 0.3) is 0 Å². The number of carboxylic acid groups (broad SMARTS) is 1. The number of anilines is 1. The Labute approximate surface area is 207 Å². The standard InChI is InChI=1S/C26H25ClN2O6/c1-2-16-21(30)8-9-22(26(16)34-14-15-5-4-10-28-13-15)35-25-18-7-3-6-17(18)20(11-19(25)27)29-23(31)12-24(32)33/h4-5,8-11,13,30H,2-3,6-7,12,14H2,1H3,(H,29,31)(H,32,33). The lowest BCUT2D eigenvalue weighted by molar-refractivity contribution is -0.139. The number of pyridine rings is 1. The molecule has 2 aromatic carbocycles. The first-order chi connectivity index (χ1) is 16.9. The summed E-state index contributed by atoms with van der Waals surface area (Å²) in [6.07, 6.45) is 5.51. The van der Waals surface area contributed by atoms with Gasteiger partial charge in [0.2, 0.25) is 5.91 Å². The van der Waals surface area contributed by atoms with E-state index in [0.717, 1.165) is 23.1 Å². The molecule has 0 saturated heterocycles. The zero-order valence-electron chi connectivity index (χ0n) is 19.1. The molecule has 0 fully saturated rings. The van der Waals surface area contributed by atoms with Gasteiger partial charge in [0, 0.05) is 34.8 Å². The Balaban J connectivity index is 1.68. The molecule has 1 aliphatic rings. The molecule has 9 heteroatoms. The van der Waals surface area contributed by atoms with Crippen LogP contribution < -0.4 is 14.8 Å². The molecule has 0 spiro atoms. The molecule has 3 N–H and O–H groups in total. The van der Waals surface area contributed by atoms with E-state index in [1.165, 1.54) is 0 Å². The van der Waals surface area contributed by atoms with Crippen LogP contribution >= 0.6 is 11.6 Å². The number of rotatable bonds is 9. The molecule has 0 atom stereocenters. The zero-order valence-corrected chi connectivity index (χ0v) is 19.9. The van der Waals surface area contributed by atoms with Gasteiger partial charge in [-0.05, 0) is 55.5 Å². The maximum absolute atomic E-state index is 12.0. The maximum Gasteiger partial charge on any atom is 0.312 e. The molecule has 0 aliphatic heterocycles. The summed E-state index contributed by atoms with van der Waals surface area (Å²) in [7, 11) is 0. The number of hydrogen-bond donors (Lipinski definition) is 3. The quantitative estimate of drug-likeness (QED) is 0.345. The number of halogens is 1. The van der Waals surface area contributed by atoms with Gasteiger partial charge in [-0.2, -0.15) is 0 Å². The molecular formula is C26H25ClN2O6. The van der Waals surface area contributed by atoms with Crippen molar-refractivity contribution in [1.82, 2.24) is 4.98 Å². The number of hydrogen-bond acceptors (Lipinski definition) is 6. The third kappa shape index (κ3) is 5.49. The van der Waals surface area contributed by atoms with Crippen molar-refractivity contribution in [1.29, 1.82) is 0 Å². The number of phenolic OH excluding ortho intramolecular Hbond substituents is 1. The van der Waals surface area contributed by atoms with Gasteiger partial charge in [-0.25, -0.2) is 0 Å². The minimum Gasteiger partial charge on any atom is -0.508 e. The molecule has 1 aromatic heterocycles. The molecule has 1 aliphatic carbocycles. The fraction of sp³-hybridized carbons (Fsp3) is 0.269. The first-order valence-electron chi connectivity index (χ1n) is 11.3. The number of fused-ring (bicyclic) bond motifs is 1. The Bertz CT molecular complexity index is 1260. The number of carbonyl (C=O) groups is 2. The SMILES string of the molecule is CCc1c(O)ccc(Oc2c(Cl)cc(NC(=O)CC(=O)O)c3c2CCC3)c1OCc1cccnc1. The van der Waals surface area contributed by atoms with E-state index in [1.54, 1.807) is 30.6 Å². The van der Waals surface area contributed by atoms with E-state index in [-0.39, 0.29) is 17.4 Å². The minimum atomic E-state index is -1.21. The predicted octanol–water partition coefficient (Wildman–Crippen LogP) is 5.28. The van der Waals surface area contributed by atoms with Gasteiger partial charge in [0.25, 0.3) is 0 Å². The van der Waals surface area contributed by atoms with Crippen molar-refractivity contribution in [3.8, 4) is 23.0 Å². The summed E-state index contributed by atoms with van der Waals surface area (Å²) in [5.74, 6) is -0.444. The number of nitrogens with zero attached hydrogens (tertiary/aromatic N) is 1. The predicted molar refractivity (Wildman–Crippen MR) is 130 cm³/mol. The molecule has 35 heavy (non-hydrogen) atoms. The van der Waals surface area contributed by atoms with E-state index in [9.17, 15) is 14.7 Å². The molecule has 1 heterocycles. The molecule has 0 bridgehead atoms. The third-order valence-electron chi connectivity index (χ3n) is 5.76. The van der Waals surface area contributed by atoms with Gasteiger partial charge in [0.05, 0.1) is 5.02 Å². The summed E-state index contributed by atoms with van der Waals surface area (Å²) in [5.41, 5.74) is 3.69. The lowest BCUT2D eigenvalue weighted by Gasteiger charge is -2.20. The molecule has 0 saturated carbocycles. The molecule has 8 nitrogen and oxygen atoms in total. The number of ether oxygens (including phenoxy) is 2. The number of carboxylic acids is 1. The van der Waals surface area contributed by atoms with Crippen LogP contribution in [0.1, 0.15) is 42.0 Å². The van der Waals surface area contributed by atoms with Crippen molar-refractivity contribution in [2.45, 2.75) is 45.6 Å². The molecule has 182 valence electrons. The zero-order chi connectivity index (χ0) is 24.9. The molecular weight excluding hydrogens is 472 g/mol. The van der Waals surface area contributed by atoms with E-state index in [4.69, 9.17) is 26.2 Å².